The van der Waals surface area contributed by atoms with Gasteiger partial charge in [-0.3, -0.25) is 4.79 Å². The number of likely N-dealkylation sites (N-methyl/N-ethyl adjacent to an activating group) is 1. The monoisotopic (exact) mass is 398 g/mol. The highest BCUT2D eigenvalue weighted by molar-refractivity contribution is 7.89. The van der Waals surface area contributed by atoms with Crippen LogP contribution in [-0.4, -0.2) is 61.7 Å². The van der Waals surface area contributed by atoms with Crippen molar-refractivity contribution in [3.8, 4) is 5.75 Å². The lowest BCUT2D eigenvalue weighted by molar-refractivity contribution is -0.139. The molecule has 1 unspecified atom stereocenters. The smallest absolute Gasteiger partial charge is 0.341 e. The van der Waals surface area contributed by atoms with Crippen molar-refractivity contribution in [2.45, 2.75) is 38.6 Å². The van der Waals surface area contributed by atoms with Gasteiger partial charge in [-0.15, -0.1) is 0 Å². The number of anilines is 1. The Morgan fingerprint density at radius 2 is 1.96 bits per heavy atom. The van der Waals surface area contributed by atoms with E-state index in [9.17, 15) is 18.0 Å². The maximum atomic E-state index is 12.9. The molecule has 1 amide bonds. The average Bonchev–Trinajstić information content (AvgIpc) is 3.15. The zero-order chi connectivity index (χ0) is 20.0. The fraction of sp³-hybridized carbons (Fsp3) is 0.556. The summed E-state index contributed by atoms with van der Waals surface area (Å²) >= 11 is 0. The number of carbonyl (C=O) groups is 2. The minimum absolute atomic E-state index is 0.0621. The summed E-state index contributed by atoms with van der Waals surface area (Å²) in [6, 6.07) is 5.75. The fourth-order valence-corrected chi connectivity index (χ4v) is 4.90. The van der Waals surface area contributed by atoms with Gasteiger partial charge < -0.3 is 14.7 Å². The van der Waals surface area contributed by atoms with Crippen LogP contribution in [0.4, 0.5) is 5.69 Å². The molecule has 9 heteroatoms. The number of hydrogen-bond donors (Lipinski definition) is 1. The first-order chi connectivity index (χ1) is 12.8. The predicted octanol–water partition coefficient (Wildman–Crippen LogP) is 1.71. The van der Waals surface area contributed by atoms with Crippen LogP contribution in [-0.2, 0) is 19.6 Å². The Bertz CT molecular complexity index is 763. The summed E-state index contributed by atoms with van der Waals surface area (Å²) in [6.45, 7) is 1.86. The van der Waals surface area contributed by atoms with Crippen molar-refractivity contribution in [1.82, 2.24) is 4.31 Å². The molecule has 1 atom stereocenters. The molecule has 1 N–H and O–H groups in total. The topological polar surface area (TPSA) is 104 Å². The lowest BCUT2D eigenvalue weighted by Crippen LogP contribution is -2.47. The molecule has 1 aliphatic heterocycles. The van der Waals surface area contributed by atoms with Crippen LogP contribution in [0.25, 0.3) is 0 Å². The zero-order valence-electron chi connectivity index (χ0n) is 15.6. The van der Waals surface area contributed by atoms with Crippen LogP contribution in [0.3, 0.4) is 0 Å². The van der Waals surface area contributed by atoms with E-state index in [1.54, 1.807) is 31.3 Å². The molecule has 0 bridgehead atoms. The minimum atomic E-state index is -3.44. The molecule has 150 valence electrons. The molecule has 1 aliphatic rings. The summed E-state index contributed by atoms with van der Waals surface area (Å²) in [4.78, 5) is 24.8. The van der Waals surface area contributed by atoms with Crippen LogP contribution in [0.2, 0.25) is 0 Å². The van der Waals surface area contributed by atoms with Crippen LogP contribution in [0.5, 0.6) is 5.75 Å². The highest BCUT2D eigenvalue weighted by Crippen LogP contribution is 2.26. The third-order valence-electron chi connectivity index (χ3n) is 4.52. The number of sulfonamides is 1. The third-order valence-corrected chi connectivity index (χ3v) is 6.48. The highest BCUT2D eigenvalue weighted by atomic mass is 32.2. The lowest BCUT2D eigenvalue weighted by Gasteiger charge is -2.27. The number of carboxylic acids is 1. The molecule has 0 spiro atoms. The van der Waals surface area contributed by atoms with Crippen molar-refractivity contribution in [2.75, 3.05) is 30.9 Å². The van der Waals surface area contributed by atoms with Crippen molar-refractivity contribution in [3.63, 3.8) is 0 Å². The number of unbranched alkanes of at least 4 members (excludes halogenated alkanes) is 1. The van der Waals surface area contributed by atoms with Gasteiger partial charge in [0.05, 0.1) is 5.75 Å². The number of ether oxygens (including phenoxy) is 1. The van der Waals surface area contributed by atoms with E-state index in [1.807, 2.05) is 6.92 Å². The average molecular weight is 398 g/mol. The van der Waals surface area contributed by atoms with Crippen molar-refractivity contribution in [2.24, 2.45) is 0 Å². The van der Waals surface area contributed by atoms with E-state index in [1.165, 1.54) is 9.21 Å². The number of carbonyl (C=O) groups excluding carboxylic acids is 1. The normalized spacial score (nSPS) is 17.6. The first kappa shape index (κ1) is 21.2. The molecule has 8 nitrogen and oxygen atoms in total. The third kappa shape index (κ3) is 5.43. The highest BCUT2D eigenvalue weighted by Gasteiger charge is 2.39. The molecule has 1 fully saturated rings. The van der Waals surface area contributed by atoms with Gasteiger partial charge in [0.2, 0.25) is 15.9 Å². The second kappa shape index (κ2) is 9.18. The van der Waals surface area contributed by atoms with Crippen LogP contribution in [0, 0.1) is 0 Å². The van der Waals surface area contributed by atoms with Crippen LogP contribution < -0.4 is 9.64 Å². The van der Waals surface area contributed by atoms with E-state index >= 15 is 0 Å². The molecule has 2 rings (SSSR count). The van der Waals surface area contributed by atoms with Gasteiger partial charge in [-0.1, -0.05) is 13.3 Å². The standard InChI is InChI=1S/C18H26N2O6S/c1-3-4-12-27(24,25)20-11-5-6-16(20)18(23)19(2)14-7-9-15(10-8-14)26-13-17(21)22/h7-10,16H,3-6,11-13H2,1-2H3,(H,21,22). The van der Waals surface area contributed by atoms with Crippen molar-refractivity contribution < 1.29 is 27.9 Å². The first-order valence-electron chi connectivity index (χ1n) is 8.98. The number of aliphatic carboxylic acids is 1. The van der Waals surface area contributed by atoms with Gasteiger partial charge in [0.1, 0.15) is 11.8 Å². The Hall–Kier alpha value is -2.13. The maximum absolute atomic E-state index is 12.9. The van der Waals surface area contributed by atoms with Crippen molar-refractivity contribution in [1.29, 1.82) is 0 Å². The number of amides is 1. The van der Waals surface area contributed by atoms with Gasteiger partial charge >= 0.3 is 5.97 Å². The van der Waals surface area contributed by atoms with E-state index in [0.29, 0.717) is 37.2 Å². The Balaban J connectivity index is 2.08. The van der Waals surface area contributed by atoms with E-state index < -0.39 is 28.6 Å². The largest absolute Gasteiger partial charge is 0.482 e. The Kier molecular flexibility index (Phi) is 7.20. The van der Waals surface area contributed by atoms with Crippen molar-refractivity contribution >= 4 is 27.6 Å². The lowest BCUT2D eigenvalue weighted by atomic mass is 10.2. The van der Waals surface area contributed by atoms with Gasteiger partial charge in [0.25, 0.3) is 0 Å². The van der Waals surface area contributed by atoms with E-state index in [-0.39, 0.29) is 11.7 Å². The summed E-state index contributed by atoms with van der Waals surface area (Å²) in [5.74, 6) is -0.900. The Morgan fingerprint density at radius 3 is 2.56 bits per heavy atom. The van der Waals surface area contributed by atoms with E-state index in [4.69, 9.17) is 9.84 Å². The fourth-order valence-electron chi connectivity index (χ4n) is 3.03. The molecule has 27 heavy (non-hydrogen) atoms. The first-order valence-corrected chi connectivity index (χ1v) is 10.6. The molecule has 0 aromatic heterocycles. The molecule has 1 saturated heterocycles. The number of carboxylic acid groups (broad SMARTS) is 1. The second-order valence-corrected chi connectivity index (χ2v) is 8.55. The van der Waals surface area contributed by atoms with Crippen LogP contribution >= 0.6 is 0 Å². The minimum Gasteiger partial charge on any atom is -0.482 e. The zero-order valence-corrected chi connectivity index (χ0v) is 16.4. The predicted molar refractivity (Wildman–Crippen MR) is 101 cm³/mol. The molecule has 0 aliphatic carbocycles. The van der Waals surface area contributed by atoms with Crippen LogP contribution in [0.15, 0.2) is 24.3 Å². The molecule has 1 aromatic carbocycles. The number of rotatable bonds is 9. The van der Waals surface area contributed by atoms with Crippen LogP contribution in [0.1, 0.15) is 32.6 Å². The Labute approximate surface area is 159 Å². The summed E-state index contributed by atoms with van der Waals surface area (Å²) in [7, 11) is -1.84. The van der Waals surface area contributed by atoms with E-state index in [2.05, 4.69) is 0 Å². The van der Waals surface area contributed by atoms with Crippen molar-refractivity contribution in [3.05, 3.63) is 24.3 Å². The SMILES string of the molecule is CCCCS(=O)(=O)N1CCCC1C(=O)N(C)c1ccc(OCC(=O)O)cc1. The molecule has 0 saturated carbocycles. The molecular formula is C18H26N2O6S. The molecule has 0 radical (unpaired) electrons. The van der Waals surface area contributed by atoms with Gasteiger partial charge in [-0.2, -0.15) is 4.31 Å². The number of hydrogen-bond acceptors (Lipinski definition) is 5. The summed E-state index contributed by atoms with van der Waals surface area (Å²) in [5.41, 5.74) is 0.584. The summed E-state index contributed by atoms with van der Waals surface area (Å²) in [5, 5.41) is 8.62. The molecule has 1 aromatic rings. The van der Waals surface area contributed by atoms with Gasteiger partial charge in [0.15, 0.2) is 6.61 Å². The summed E-state index contributed by atoms with van der Waals surface area (Å²) in [6.07, 6.45) is 2.53. The maximum Gasteiger partial charge on any atom is 0.341 e. The van der Waals surface area contributed by atoms with E-state index in [0.717, 1.165) is 6.42 Å². The number of nitrogens with zero attached hydrogens (tertiary/aromatic N) is 2. The quantitative estimate of drug-likeness (QED) is 0.679. The van der Waals surface area contributed by atoms with Gasteiger partial charge in [0, 0.05) is 19.3 Å². The Morgan fingerprint density at radius 1 is 1.30 bits per heavy atom. The number of benzene rings is 1. The second-order valence-electron chi connectivity index (χ2n) is 6.51. The molecular weight excluding hydrogens is 372 g/mol. The van der Waals surface area contributed by atoms with Gasteiger partial charge in [-0.25, -0.2) is 13.2 Å². The van der Waals surface area contributed by atoms with Gasteiger partial charge in [-0.05, 0) is 43.5 Å². The summed E-state index contributed by atoms with van der Waals surface area (Å²) < 4.78 is 31.5. The molecule has 1 heterocycles.